The smallest absolute Gasteiger partial charge is 0.315 e. The lowest BCUT2D eigenvalue weighted by molar-refractivity contribution is 0.247. The van der Waals surface area contributed by atoms with Crippen molar-refractivity contribution in [3.8, 4) is 0 Å². The van der Waals surface area contributed by atoms with Gasteiger partial charge in [-0.1, -0.05) is 26.2 Å². The molecule has 1 aliphatic rings. The van der Waals surface area contributed by atoms with Crippen LogP contribution in [0.1, 0.15) is 39.5 Å². The highest BCUT2D eigenvalue weighted by Crippen LogP contribution is 2.10. The number of nitrogens with one attached hydrogen (secondary N) is 2. The number of carbonyl (C=O) groups is 1. The molecule has 1 rings (SSSR count). The molecular formula is C9H18N2O. The van der Waals surface area contributed by atoms with E-state index in [4.69, 9.17) is 0 Å². The molecule has 0 bridgehead atoms. The van der Waals surface area contributed by atoms with E-state index in [0.717, 1.165) is 6.42 Å². The van der Waals surface area contributed by atoms with Crippen LogP contribution in [0.2, 0.25) is 0 Å². The van der Waals surface area contributed by atoms with E-state index in [1.807, 2.05) is 0 Å². The Morgan fingerprint density at radius 2 is 2.08 bits per heavy atom. The Labute approximate surface area is 73.9 Å². The van der Waals surface area contributed by atoms with E-state index in [9.17, 15) is 4.79 Å². The molecule has 0 saturated carbocycles. The Morgan fingerprint density at radius 3 is 2.58 bits per heavy atom. The third-order valence-electron chi connectivity index (χ3n) is 2.40. The van der Waals surface area contributed by atoms with Gasteiger partial charge in [0.1, 0.15) is 0 Å². The van der Waals surface area contributed by atoms with E-state index in [1.54, 1.807) is 0 Å². The first-order chi connectivity index (χ1) is 5.74. The lowest BCUT2D eigenvalue weighted by Crippen LogP contribution is -2.30. The molecule has 12 heavy (non-hydrogen) atoms. The second-order valence-corrected chi connectivity index (χ2v) is 3.51. The Balaban J connectivity index is 2.19. The Kier molecular flexibility index (Phi) is 3.38. The van der Waals surface area contributed by atoms with Gasteiger partial charge in [0.25, 0.3) is 0 Å². The normalized spacial score (nSPS) is 28.3. The predicted octanol–water partition coefficient (Wildman–Crippen LogP) is 1.64. The molecule has 2 N–H and O–H groups in total. The molecule has 0 aromatic rings. The van der Waals surface area contributed by atoms with Gasteiger partial charge in [-0.05, 0) is 13.3 Å². The number of rotatable bonds is 4. The molecule has 70 valence electrons. The first-order valence-corrected chi connectivity index (χ1v) is 4.81. The van der Waals surface area contributed by atoms with Crippen molar-refractivity contribution in [3.63, 3.8) is 0 Å². The molecule has 0 aromatic heterocycles. The van der Waals surface area contributed by atoms with Gasteiger partial charge < -0.3 is 10.6 Å². The van der Waals surface area contributed by atoms with Gasteiger partial charge in [0.2, 0.25) is 0 Å². The summed E-state index contributed by atoms with van der Waals surface area (Å²) in [5.41, 5.74) is 0. The molecule has 2 amide bonds. The summed E-state index contributed by atoms with van der Waals surface area (Å²) < 4.78 is 0. The topological polar surface area (TPSA) is 41.1 Å². The maximum atomic E-state index is 10.9. The summed E-state index contributed by atoms with van der Waals surface area (Å²) in [4.78, 5) is 10.9. The van der Waals surface area contributed by atoms with Crippen LogP contribution < -0.4 is 10.6 Å². The summed E-state index contributed by atoms with van der Waals surface area (Å²) in [7, 11) is 0. The van der Waals surface area contributed by atoms with Gasteiger partial charge >= 0.3 is 6.03 Å². The van der Waals surface area contributed by atoms with Gasteiger partial charge in [-0.25, -0.2) is 4.79 Å². The molecule has 2 atom stereocenters. The zero-order valence-corrected chi connectivity index (χ0v) is 7.89. The minimum atomic E-state index is -0.0102. The van der Waals surface area contributed by atoms with Gasteiger partial charge in [-0.2, -0.15) is 0 Å². The highest BCUT2D eigenvalue weighted by molar-refractivity contribution is 5.77. The molecule has 0 radical (unpaired) electrons. The van der Waals surface area contributed by atoms with Crippen LogP contribution in [0.4, 0.5) is 4.79 Å². The van der Waals surface area contributed by atoms with E-state index in [0.29, 0.717) is 12.1 Å². The Morgan fingerprint density at radius 1 is 1.33 bits per heavy atom. The van der Waals surface area contributed by atoms with Gasteiger partial charge in [0.15, 0.2) is 0 Å². The van der Waals surface area contributed by atoms with E-state index in [1.165, 1.54) is 19.3 Å². The van der Waals surface area contributed by atoms with Crippen molar-refractivity contribution in [2.45, 2.75) is 51.6 Å². The summed E-state index contributed by atoms with van der Waals surface area (Å²) in [6.07, 6.45) is 4.82. The fourth-order valence-corrected chi connectivity index (χ4v) is 1.58. The van der Waals surface area contributed by atoms with Crippen molar-refractivity contribution in [2.24, 2.45) is 0 Å². The van der Waals surface area contributed by atoms with Crippen molar-refractivity contribution in [3.05, 3.63) is 0 Å². The molecule has 0 spiro atoms. The van der Waals surface area contributed by atoms with Gasteiger partial charge in [0.05, 0.1) is 6.04 Å². The fraction of sp³-hybridized carbons (Fsp3) is 0.889. The largest absolute Gasteiger partial charge is 0.334 e. The molecule has 3 heteroatoms. The van der Waals surface area contributed by atoms with Gasteiger partial charge in [0, 0.05) is 6.04 Å². The summed E-state index contributed by atoms with van der Waals surface area (Å²) in [5.74, 6) is 0. The van der Waals surface area contributed by atoms with Crippen molar-refractivity contribution < 1.29 is 4.79 Å². The third kappa shape index (κ3) is 2.40. The zero-order valence-electron chi connectivity index (χ0n) is 7.89. The highest BCUT2D eigenvalue weighted by Gasteiger charge is 2.26. The van der Waals surface area contributed by atoms with Crippen LogP contribution in [0.15, 0.2) is 0 Å². The average Bonchev–Trinajstić information content (AvgIpc) is 2.31. The van der Waals surface area contributed by atoms with Crippen molar-refractivity contribution >= 4 is 6.03 Å². The summed E-state index contributed by atoms with van der Waals surface area (Å²) >= 11 is 0. The minimum Gasteiger partial charge on any atom is -0.334 e. The van der Waals surface area contributed by atoms with Gasteiger partial charge in [-0.15, -0.1) is 0 Å². The van der Waals surface area contributed by atoms with Crippen LogP contribution in [-0.2, 0) is 0 Å². The molecule has 1 heterocycles. The fourth-order valence-electron chi connectivity index (χ4n) is 1.58. The van der Waals surface area contributed by atoms with E-state index in [-0.39, 0.29) is 6.03 Å². The summed E-state index contributed by atoms with van der Waals surface area (Å²) in [5, 5.41) is 5.76. The third-order valence-corrected chi connectivity index (χ3v) is 2.40. The second kappa shape index (κ2) is 4.33. The summed E-state index contributed by atoms with van der Waals surface area (Å²) in [6.45, 7) is 4.24. The van der Waals surface area contributed by atoms with Crippen LogP contribution in [-0.4, -0.2) is 18.1 Å². The van der Waals surface area contributed by atoms with E-state index >= 15 is 0 Å². The van der Waals surface area contributed by atoms with Crippen molar-refractivity contribution in [1.82, 2.24) is 10.6 Å². The monoisotopic (exact) mass is 170 g/mol. The summed E-state index contributed by atoms with van der Waals surface area (Å²) in [6, 6.07) is 0.641. The average molecular weight is 170 g/mol. The van der Waals surface area contributed by atoms with Crippen LogP contribution in [0.3, 0.4) is 0 Å². The minimum absolute atomic E-state index is 0.0102. The Hall–Kier alpha value is -0.730. The van der Waals surface area contributed by atoms with E-state index in [2.05, 4.69) is 24.5 Å². The number of hydrogen-bond donors (Lipinski definition) is 2. The molecular weight excluding hydrogens is 152 g/mol. The lowest BCUT2D eigenvalue weighted by atomic mass is 10.0. The number of unbranched alkanes of at least 4 members (excludes halogenated alkanes) is 2. The van der Waals surface area contributed by atoms with Crippen LogP contribution in [0.5, 0.6) is 0 Å². The molecule has 1 aliphatic heterocycles. The van der Waals surface area contributed by atoms with Crippen molar-refractivity contribution in [1.29, 1.82) is 0 Å². The molecule has 0 aliphatic carbocycles. The number of urea groups is 1. The number of hydrogen-bond acceptors (Lipinski definition) is 1. The quantitative estimate of drug-likeness (QED) is 0.619. The highest BCUT2D eigenvalue weighted by atomic mass is 16.2. The first kappa shape index (κ1) is 9.36. The van der Waals surface area contributed by atoms with E-state index < -0.39 is 0 Å². The molecule has 1 fully saturated rings. The van der Waals surface area contributed by atoms with Crippen LogP contribution in [0.25, 0.3) is 0 Å². The molecule has 3 nitrogen and oxygen atoms in total. The number of carbonyl (C=O) groups excluding carboxylic acids is 1. The molecule has 2 unspecified atom stereocenters. The zero-order chi connectivity index (χ0) is 8.97. The first-order valence-electron chi connectivity index (χ1n) is 4.81. The number of amides is 2. The molecule has 1 saturated heterocycles. The second-order valence-electron chi connectivity index (χ2n) is 3.51. The van der Waals surface area contributed by atoms with Crippen LogP contribution in [0, 0.1) is 0 Å². The SMILES string of the molecule is CCCCCC1NC(=O)NC1C. The van der Waals surface area contributed by atoms with Crippen molar-refractivity contribution in [2.75, 3.05) is 0 Å². The Bertz CT molecular complexity index is 159. The maximum absolute atomic E-state index is 10.9. The maximum Gasteiger partial charge on any atom is 0.315 e. The van der Waals surface area contributed by atoms with Gasteiger partial charge in [-0.3, -0.25) is 0 Å². The predicted molar refractivity (Wildman–Crippen MR) is 49.1 cm³/mol. The lowest BCUT2D eigenvalue weighted by Gasteiger charge is -2.12. The molecule has 0 aromatic carbocycles. The van der Waals surface area contributed by atoms with Crippen LogP contribution >= 0.6 is 0 Å². The standard InChI is InChI=1S/C9H18N2O/c1-3-4-5-6-8-7(2)10-9(12)11-8/h7-8H,3-6H2,1-2H3,(H2,10,11,12).